The highest BCUT2D eigenvalue weighted by atomic mass is 19.1. The van der Waals surface area contributed by atoms with E-state index < -0.39 is 17.5 Å². The van der Waals surface area contributed by atoms with Gasteiger partial charge in [-0.05, 0) is 24.1 Å². The van der Waals surface area contributed by atoms with E-state index in [-0.39, 0.29) is 17.3 Å². The number of aromatic amines is 1. The van der Waals surface area contributed by atoms with Crippen molar-refractivity contribution in [3.63, 3.8) is 0 Å². The van der Waals surface area contributed by atoms with Crippen molar-refractivity contribution < 1.29 is 13.6 Å². The van der Waals surface area contributed by atoms with Crippen LogP contribution < -0.4 is 5.32 Å². The fourth-order valence-electron chi connectivity index (χ4n) is 1.53. The molecule has 4 nitrogen and oxygen atoms in total. The lowest BCUT2D eigenvalue weighted by Crippen LogP contribution is -2.13. The minimum atomic E-state index is -0.826. The van der Waals surface area contributed by atoms with E-state index in [1.165, 1.54) is 6.07 Å². The molecule has 0 spiro atoms. The molecule has 0 aliphatic carbocycles. The lowest BCUT2D eigenvalue weighted by atomic mass is 10.1. The number of aromatic nitrogens is 2. The van der Waals surface area contributed by atoms with Crippen LogP contribution in [0.3, 0.4) is 0 Å². The van der Waals surface area contributed by atoms with Crippen LogP contribution in [0.2, 0.25) is 0 Å². The average molecular weight is 265 g/mol. The molecule has 1 aromatic heterocycles. The highest BCUT2D eigenvalue weighted by Gasteiger charge is 2.14. The number of carbonyl (C=O) groups is 1. The third-order valence-corrected chi connectivity index (χ3v) is 2.63. The minimum Gasteiger partial charge on any atom is -0.318 e. The summed E-state index contributed by atoms with van der Waals surface area (Å²) in [6, 6.07) is 4.54. The number of halogens is 2. The fourth-order valence-corrected chi connectivity index (χ4v) is 1.53. The zero-order valence-corrected chi connectivity index (χ0v) is 10.5. The van der Waals surface area contributed by atoms with Crippen molar-refractivity contribution in [2.45, 2.75) is 19.8 Å². The summed E-state index contributed by atoms with van der Waals surface area (Å²) < 4.78 is 26.1. The molecular formula is C13H13F2N3O. The van der Waals surface area contributed by atoms with Crippen LogP contribution in [-0.2, 0) is 0 Å². The fraction of sp³-hybridized carbons (Fsp3) is 0.231. The summed E-state index contributed by atoms with van der Waals surface area (Å²) in [6.45, 7) is 3.91. The van der Waals surface area contributed by atoms with Crippen LogP contribution >= 0.6 is 0 Å². The normalized spacial score (nSPS) is 10.8. The minimum absolute atomic E-state index is 0.0829. The molecule has 2 rings (SSSR count). The van der Waals surface area contributed by atoms with Gasteiger partial charge in [0.25, 0.3) is 5.91 Å². The Bertz CT molecular complexity index is 608. The molecule has 1 aromatic carbocycles. The maximum absolute atomic E-state index is 13.4. The van der Waals surface area contributed by atoms with E-state index in [4.69, 9.17) is 0 Å². The van der Waals surface area contributed by atoms with E-state index in [0.717, 1.165) is 11.8 Å². The number of carbonyl (C=O) groups excluding carboxylic acids is 1. The van der Waals surface area contributed by atoms with Crippen LogP contribution in [0.5, 0.6) is 0 Å². The molecular weight excluding hydrogens is 252 g/mol. The van der Waals surface area contributed by atoms with Crippen LogP contribution in [0.25, 0.3) is 0 Å². The van der Waals surface area contributed by atoms with Crippen molar-refractivity contribution >= 4 is 11.6 Å². The van der Waals surface area contributed by atoms with Gasteiger partial charge < -0.3 is 5.32 Å². The van der Waals surface area contributed by atoms with E-state index in [1.807, 2.05) is 13.8 Å². The second-order valence-corrected chi connectivity index (χ2v) is 4.44. The lowest BCUT2D eigenvalue weighted by Gasteiger charge is -2.04. The summed E-state index contributed by atoms with van der Waals surface area (Å²) in [6.07, 6.45) is 0. The Kier molecular flexibility index (Phi) is 3.59. The topological polar surface area (TPSA) is 57.8 Å². The molecule has 19 heavy (non-hydrogen) atoms. The Labute approximate surface area is 108 Å². The molecule has 0 unspecified atom stereocenters. The largest absolute Gasteiger partial charge is 0.318 e. The van der Waals surface area contributed by atoms with E-state index in [0.29, 0.717) is 6.07 Å². The quantitative estimate of drug-likeness (QED) is 0.896. The number of H-pyrrole nitrogens is 1. The van der Waals surface area contributed by atoms with Crippen molar-refractivity contribution in [2.75, 3.05) is 5.32 Å². The number of benzene rings is 1. The molecule has 0 aliphatic heterocycles. The Morgan fingerprint density at radius 1 is 1.32 bits per heavy atom. The number of nitrogens with one attached hydrogen (secondary N) is 2. The third kappa shape index (κ3) is 2.96. The van der Waals surface area contributed by atoms with Gasteiger partial charge in [0, 0.05) is 11.8 Å². The van der Waals surface area contributed by atoms with Gasteiger partial charge in [-0.25, -0.2) is 8.78 Å². The molecule has 2 N–H and O–H groups in total. The van der Waals surface area contributed by atoms with Gasteiger partial charge in [-0.2, -0.15) is 5.10 Å². The Morgan fingerprint density at radius 3 is 2.63 bits per heavy atom. The number of nitrogens with zero attached hydrogens (tertiary/aromatic N) is 1. The van der Waals surface area contributed by atoms with Crippen LogP contribution in [0.1, 0.15) is 35.9 Å². The van der Waals surface area contributed by atoms with E-state index in [2.05, 4.69) is 15.5 Å². The number of hydrogen-bond donors (Lipinski definition) is 2. The predicted octanol–water partition coefficient (Wildman–Crippen LogP) is 3.06. The first kappa shape index (κ1) is 13.2. The van der Waals surface area contributed by atoms with E-state index >= 15 is 0 Å². The highest BCUT2D eigenvalue weighted by Crippen LogP contribution is 2.17. The molecule has 0 bridgehead atoms. The van der Waals surface area contributed by atoms with Crippen molar-refractivity contribution in [3.05, 3.63) is 47.3 Å². The molecule has 6 heteroatoms. The Hall–Kier alpha value is -2.24. The second-order valence-electron chi connectivity index (χ2n) is 4.44. The van der Waals surface area contributed by atoms with Gasteiger partial charge in [0.2, 0.25) is 0 Å². The predicted molar refractivity (Wildman–Crippen MR) is 67.0 cm³/mol. The molecule has 100 valence electrons. The van der Waals surface area contributed by atoms with Gasteiger partial charge in [-0.1, -0.05) is 13.8 Å². The smallest absolute Gasteiger partial charge is 0.276 e. The number of rotatable bonds is 3. The average Bonchev–Trinajstić information content (AvgIpc) is 2.82. The summed E-state index contributed by atoms with van der Waals surface area (Å²) in [7, 11) is 0. The number of anilines is 1. The SMILES string of the molecule is CC(C)c1cc(C(=O)Nc2ccc(F)cc2F)n[nH]1. The summed E-state index contributed by atoms with van der Waals surface area (Å²) in [5.41, 5.74) is 0.887. The molecule has 0 aliphatic rings. The lowest BCUT2D eigenvalue weighted by molar-refractivity contribution is 0.102. The first-order chi connectivity index (χ1) is 8.97. The molecule has 0 saturated heterocycles. The van der Waals surface area contributed by atoms with Gasteiger partial charge in [-0.15, -0.1) is 0 Å². The first-order valence-corrected chi connectivity index (χ1v) is 5.79. The van der Waals surface area contributed by atoms with Gasteiger partial charge >= 0.3 is 0 Å². The maximum atomic E-state index is 13.4. The summed E-state index contributed by atoms with van der Waals surface area (Å²) in [5.74, 6) is -1.87. The van der Waals surface area contributed by atoms with Crippen LogP contribution in [0.4, 0.5) is 14.5 Å². The Balaban J connectivity index is 2.16. The van der Waals surface area contributed by atoms with Gasteiger partial charge in [-0.3, -0.25) is 9.89 Å². The van der Waals surface area contributed by atoms with Crippen molar-refractivity contribution in [2.24, 2.45) is 0 Å². The van der Waals surface area contributed by atoms with E-state index in [9.17, 15) is 13.6 Å². The van der Waals surface area contributed by atoms with Gasteiger partial charge in [0.05, 0.1) is 5.69 Å². The molecule has 1 heterocycles. The molecule has 0 radical (unpaired) electrons. The number of amides is 1. The molecule has 0 saturated carbocycles. The summed E-state index contributed by atoms with van der Waals surface area (Å²) in [4.78, 5) is 11.8. The molecule has 1 amide bonds. The number of hydrogen-bond acceptors (Lipinski definition) is 2. The maximum Gasteiger partial charge on any atom is 0.276 e. The zero-order valence-electron chi connectivity index (χ0n) is 10.5. The standard InChI is InChI=1S/C13H13F2N3O/c1-7(2)11-6-12(18-17-11)13(19)16-10-4-3-8(14)5-9(10)15/h3-7H,1-2H3,(H,16,19)(H,17,18). The van der Waals surface area contributed by atoms with Gasteiger partial charge in [0.1, 0.15) is 11.6 Å². The summed E-state index contributed by atoms with van der Waals surface area (Å²) in [5, 5.41) is 8.92. The van der Waals surface area contributed by atoms with Gasteiger partial charge in [0.15, 0.2) is 5.69 Å². The first-order valence-electron chi connectivity index (χ1n) is 5.79. The van der Waals surface area contributed by atoms with Crippen LogP contribution in [0.15, 0.2) is 24.3 Å². The van der Waals surface area contributed by atoms with Crippen molar-refractivity contribution in [1.82, 2.24) is 10.2 Å². The van der Waals surface area contributed by atoms with E-state index in [1.54, 1.807) is 6.07 Å². The van der Waals surface area contributed by atoms with Crippen LogP contribution in [0, 0.1) is 11.6 Å². The monoisotopic (exact) mass is 265 g/mol. The van der Waals surface area contributed by atoms with Crippen molar-refractivity contribution in [3.8, 4) is 0 Å². The Morgan fingerprint density at radius 2 is 2.05 bits per heavy atom. The van der Waals surface area contributed by atoms with Crippen molar-refractivity contribution in [1.29, 1.82) is 0 Å². The molecule has 2 aromatic rings. The molecule has 0 atom stereocenters. The third-order valence-electron chi connectivity index (χ3n) is 2.63. The van der Waals surface area contributed by atoms with Crippen LogP contribution in [-0.4, -0.2) is 16.1 Å². The second kappa shape index (κ2) is 5.17. The molecule has 0 fully saturated rings. The highest BCUT2D eigenvalue weighted by molar-refractivity contribution is 6.02. The summed E-state index contributed by atoms with van der Waals surface area (Å²) >= 11 is 0. The zero-order chi connectivity index (χ0) is 14.0.